The average Bonchev–Trinajstić information content (AvgIpc) is 2.37. The van der Waals surface area contributed by atoms with E-state index in [2.05, 4.69) is 11.6 Å². The van der Waals surface area contributed by atoms with Crippen molar-refractivity contribution in [1.82, 2.24) is 0 Å². The van der Waals surface area contributed by atoms with Gasteiger partial charge in [-0.2, -0.15) is 0 Å². The second-order valence-electron chi connectivity index (χ2n) is 3.42. The van der Waals surface area contributed by atoms with Crippen molar-refractivity contribution in [2.75, 3.05) is 7.11 Å². The summed E-state index contributed by atoms with van der Waals surface area (Å²) < 4.78 is 5.20. The molecule has 0 heterocycles. The number of methoxy groups -OCH3 is 1. The molecule has 0 aromatic heterocycles. The Morgan fingerprint density at radius 3 is 2.72 bits per heavy atom. The quantitative estimate of drug-likeness (QED) is 0.811. The van der Waals surface area contributed by atoms with E-state index in [1.165, 1.54) is 25.4 Å². The first-order valence-corrected chi connectivity index (χ1v) is 5.37. The van der Waals surface area contributed by atoms with Crippen molar-refractivity contribution in [1.29, 1.82) is 0 Å². The number of aliphatic imine (C=N–C) groups is 1. The van der Waals surface area contributed by atoms with Gasteiger partial charge in [0.05, 0.1) is 18.4 Å². The standard InChI is InChI=1S/C14H15NO3/c1-4-6-12(15-5-2)11-8-7-10(14(16)17)9-13(11)18-3/h4-9H,2H2,1,3H3,(H,16,17)/b6-4-,15-12?. The Morgan fingerprint density at radius 2 is 2.22 bits per heavy atom. The number of allylic oxidation sites excluding steroid dienone is 2. The molecule has 4 nitrogen and oxygen atoms in total. The molecule has 18 heavy (non-hydrogen) atoms. The fourth-order valence-electron chi connectivity index (χ4n) is 1.49. The first-order chi connectivity index (χ1) is 8.63. The van der Waals surface area contributed by atoms with Crippen LogP contribution >= 0.6 is 0 Å². The summed E-state index contributed by atoms with van der Waals surface area (Å²) in [5.74, 6) is -0.526. The molecule has 1 N–H and O–H groups in total. The topological polar surface area (TPSA) is 58.9 Å². The molecular formula is C14H15NO3. The third-order valence-electron chi connectivity index (χ3n) is 2.28. The number of hydrogen-bond donors (Lipinski definition) is 1. The molecule has 1 rings (SSSR count). The van der Waals surface area contributed by atoms with Crippen LogP contribution in [0, 0.1) is 0 Å². The molecule has 1 aromatic rings. The first kappa shape index (κ1) is 13.7. The largest absolute Gasteiger partial charge is 0.496 e. The first-order valence-electron chi connectivity index (χ1n) is 5.37. The van der Waals surface area contributed by atoms with Gasteiger partial charge < -0.3 is 9.84 Å². The lowest BCUT2D eigenvalue weighted by Gasteiger charge is -2.09. The number of carbonyl (C=O) groups is 1. The maximum atomic E-state index is 10.9. The molecule has 0 aliphatic rings. The number of hydrogen-bond acceptors (Lipinski definition) is 3. The van der Waals surface area contributed by atoms with E-state index >= 15 is 0 Å². The number of carboxylic acids is 1. The van der Waals surface area contributed by atoms with Gasteiger partial charge in [0, 0.05) is 11.8 Å². The predicted molar refractivity (Wildman–Crippen MR) is 71.5 cm³/mol. The molecule has 0 bridgehead atoms. The van der Waals surface area contributed by atoms with Gasteiger partial charge in [-0.05, 0) is 31.2 Å². The van der Waals surface area contributed by atoms with Crippen molar-refractivity contribution < 1.29 is 14.6 Å². The van der Waals surface area contributed by atoms with E-state index in [0.717, 1.165) is 5.56 Å². The number of aromatic carboxylic acids is 1. The highest BCUT2D eigenvalue weighted by Crippen LogP contribution is 2.22. The zero-order chi connectivity index (χ0) is 13.5. The lowest BCUT2D eigenvalue weighted by Crippen LogP contribution is -2.03. The van der Waals surface area contributed by atoms with Crippen molar-refractivity contribution in [3.8, 4) is 5.75 Å². The summed E-state index contributed by atoms with van der Waals surface area (Å²) in [7, 11) is 1.49. The fourth-order valence-corrected chi connectivity index (χ4v) is 1.49. The van der Waals surface area contributed by atoms with Gasteiger partial charge in [0.15, 0.2) is 0 Å². The summed E-state index contributed by atoms with van der Waals surface area (Å²) in [6, 6.07) is 4.66. The predicted octanol–water partition coefficient (Wildman–Crippen LogP) is 2.90. The summed E-state index contributed by atoms with van der Waals surface area (Å²) >= 11 is 0. The molecule has 0 amide bonds. The zero-order valence-electron chi connectivity index (χ0n) is 10.4. The molecule has 0 fully saturated rings. The smallest absolute Gasteiger partial charge is 0.335 e. The molecule has 0 radical (unpaired) electrons. The van der Waals surface area contributed by atoms with Gasteiger partial charge in [0.25, 0.3) is 0 Å². The molecule has 0 spiro atoms. The van der Waals surface area contributed by atoms with Crippen LogP contribution in [0.15, 0.2) is 48.1 Å². The molecule has 0 saturated heterocycles. The Morgan fingerprint density at radius 1 is 1.50 bits per heavy atom. The second kappa shape index (κ2) is 6.39. The van der Waals surface area contributed by atoms with Crippen molar-refractivity contribution in [3.05, 3.63) is 54.3 Å². The Labute approximate surface area is 106 Å². The Kier molecular flexibility index (Phi) is 4.87. The number of ether oxygens (including phenoxy) is 1. The summed E-state index contributed by atoms with van der Waals surface area (Å²) in [6.07, 6.45) is 5.08. The maximum absolute atomic E-state index is 10.9. The van der Waals surface area contributed by atoms with Crippen molar-refractivity contribution in [2.45, 2.75) is 6.92 Å². The lowest BCUT2D eigenvalue weighted by atomic mass is 10.1. The van der Waals surface area contributed by atoms with E-state index in [9.17, 15) is 4.79 Å². The van der Waals surface area contributed by atoms with Crippen LogP contribution in [0.1, 0.15) is 22.8 Å². The van der Waals surface area contributed by atoms with Gasteiger partial charge in [0.1, 0.15) is 5.75 Å². The van der Waals surface area contributed by atoms with Crippen LogP contribution < -0.4 is 4.74 Å². The minimum atomic E-state index is -0.993. The van der Waals surface area contributed by atoms with Crippen molar-refractivity contribution >= 4 is 11.7 Å². The second-order valence-corrected chi connectivity index (χ2v) is 3.42. The summed E-state index contributed by atoms with van der Waals surface area (Å²) in [5.41, 5.74) is 1.57. The van der Waals surface area contributed by atoms with Crippen LogP contribution in [0.3, 0.4) is 0 Å². The molecule has 4 heteroatoms. The van der Waals surface area contributed by atoms with E-state index < -0.39 is 5.97 Å². The van der Waals surface area contributed by atoms with Crippen LogP contribution in [0.25, 0.3) is 0 Å². The third-order valence-corrected chi connectivity index (χ3v) is 2.28. The zero-order valence-corrected chi connectivity index (χ0v) is 10.4. The van der Waals surface area contributed by atoms with E-state index in [1.54, 1.807) is 12.1 Å². The molecular weight excluding hydrogens is 230 g/mol. The molecule has 1 aromatic carbocycles. The third kappa shape index (κ3) is 3.07. The summed E-state index contributed by atoms with van der Waals surface area (Å²) in [5, 5.41) is 8.93. The average molecular weight is 245 g/mol. The van der Waals surface area contributed by atoms with Crippen LogP contribution in [0.4, 0.5) is 0 Å². The highest BCUT2D eigenvalue weighted by molar-refractivity contribution is 6.11. The van der Waals surface area contributed by atoms with Crippen molar-refractivity contribution in [2.24, 2.45) is 4.99 Å². The van der Waals surface area contributed by atoms with E-state index in [1.807, 2.05) is 13.0 Å². The van der Waals surface area contributed by atoms with Crippen LogP contribution in [0.5, 0.6) is 5.75 Å². The molecule has 0 unspecified atom stereocenters. The van der Waals surface area contributed by atoms with E-state index in [4.69, 9.17) is 9.84 Å². The van der Waals surface area contributed by atoms with Gasteiger partial charge in [-0.15, -0.1) is 0 Å². The minimum absolute atomic E-state index is 0.175. The lowest BCUT2D eigenvalue weighted by molar-refractivity contribution is 0.0696. The number of nitrogens with zero attached hydrogens (tertiary/aromatic N) is 1. The monoisotopic (exact) mass is 245 g/mol. The molecule has 94 valence electrons. The van der Waals surface area contributed by atoms with Crippen LogP contribution in [-0.2, 0) is 0 Å². The normalized spacial score (nSPS) is 11.6. The van der Waals surface area contributed by atoms with Gasteiger partial charge >= 0.3 is 5.97 Å². The van der Waals surface area contributed by atoms with E-state index in [0.29, 0.717) is 11.5 Å². The summed E-state index contributed by atoms with van der Waals surface area (Å²) in [4.78, 5) is 15.0. The van der Waals surface area contributed by atoms with Gasteiger partial charge in [-0.25, -0.2) is 4.79 Å². The van der Waals surface area contributed by atoms with Crippen LogP contribution in [-0.4, -0.2) is 23.9 Å². The summed E-state index contributed by atoms with van der Waals surface area (Å²) in [6.45, 7) is 5.42. The molecule has 0 aliphatic carbocycles. The SMILES string of the molecule is C=CN=C(/C=C\C)c1ccc(C(=O)O)cc1OC. The van der Waals surface area contributed by atoms with Gasteiger partial charge in [0.2, 0.25) is 0 Å². The highest BCUT2D eigenvalue weighted by Gasteiger charge is 2.11. The van der Waals surface area contributed by atoms with Gasteiger partial charge in [-0.1, -0.05) is 12.7 Å². The van der Waals surface area contributed by atoms with Gasteiger partial charge in [-0.3, -0.25) is 4.99 Å². The fraction of sp³-hybridized carbons (Fsp3) is 0.143. The Balaban J connectivity index is 3.35. The minimum Gasteiger partial charge on any atom is -0.496 e. The Bertz CT molecular complexity index is 516. The highest BCUT2D eigenvalue weighted by atomic mass is 16.5. The van der Waals surface area contributed by atoms with E-state index in [-0.39, 0.29) is 5.56 Å². The molecule has 0 saturated carbocycles. The number of carboxylic acid groups (broad SMARTS) is 1. The molecule has 0 aliphatic heterocycles. The Hall–Kier alpha value is -2.36. The number of rotatable bonds is 5. The molecule has 0 atom stereocenters. The maximum Gasteiger partial charge on any atom is 0.335 e. The van der Waals surface area contributed by atoms with Crippen molar-refractivity contribution in [3.63, 3.8) is 0 Å². The number of benzene rings is 1. The van der Waals surface area contributed by atoms with Crippen LogP contribution in [0.2, 0.25) is 0 Å².